The SMILES string of the molecule is C=C(N)NCCC[C@@H]1CC(=O)[C@@](C)(NC(=O)C(C)C)CCCCNC(=O)[C@H](c2ccccc2)NC(=O)[C@H](CC)NC1=O. The largest absolute Gasteiger partial charge is 0.386 e. The first-order valence-corrected chi connectivity index (χ1v) is 14.8. The molecular formula is C31H48N6O5. The van der Waals surface area contributed by atoms with Gasteiger partial charge in [0.1, 0.15) is 12.1 Å². The third-order valence-electron chi connectivity index (χ3n) is 7.55. The summed E-state index contributed by atoms with van der Waals surface area (Å²) in [5.41, 5.74) is 5.02. The molecule has 0 saturated carbocycles. The van der Waals surface area contributed by atoms with Gasteiger partial charge in [-0.2, -0.15) is 0 Å². The molecule has 1 aliphatic heterocycles. The van der Waals surface area contributed by atoms with Gasteiger partial charge in [0.15, 0.2) is 5.78 Å². The molecule has 4 amide bonds. The number of benzene rings is 1. The fraction of sp³-hybridized carbons (Fsp3) is 0.581. The van der Waals surface area contributed by atoms with Gasteiger partial charge in [-0.05, 0) is 51.0 Å². The molecule has 0 unspecified atom stereocenters. The van der Waals surface area contributed by atoms with Crippen molar-refractivity contribution in [2.24, 2.45) is 17.6 Å². The summed E-state index contributed by atoms with van der Waals surface area (Å²) in [5.74, 6) is -2.60. The van der Waals surface area contributed by atoms with Crippen molar-refractivity contribution in [2.75, 3.05) is 13.1 Å². The minimum Gasteiger partial charge on any atom is -0.386 e. The molecule has 232 valence electrons. The van der Waals surface area contributed by atoms with Crippen molar-refractivity contribution in [3.8, 4) is 0 Å². The zero-order chi connectivity index (χ0) is 31.3. The monoisotopic (exact) mass is 584 g/mol. The van der Waals surface area contributed by atoms with Crippen molar-refractivity contribution >= 4 is 29.4 Å². The van der Waals surface area contributed by atoms with E-state index >= 15 is 0 Å². The van der Waals surface area contributed by atoms with Crippen LogP contribution in [-0.4, -0.2) is 54.1 Å². The van der Waals surface area contributed by atoms with Gasteiger partial charge in [0.25, 0.3) is 0 Å². The molecule has 1 aromatic carbocycles. The summed E-state index contributed by atoms with van der Waals surface area (Å²) in [5, 5.41) is 14.3. The Labute approximate surface area is 249 Å². The van der Waals surface area contributed by atoms with E-state index in [-0.39, 0.29) is 36.4 Å². The second-order valence-corrected chi connectivity index (χ2v) is 11.5. The van der Waals surface area contributed by atoms with E-state index in [0.717, 1.165) is 0 Å². The van der Waals surface area contributed by atoms with E-state index in [1.807, 2.05) is 6.07 Å². The van der Waals surface area contributed by atoms with Crippen molar-refractivity contribution in [3.05, 3.63) is 48.3 Å². The zero-order valence-electron chi connectivity index (χ0n) is 25.4. The van der Waals surface area contributed by atoms with Crippen molar-refractivity contribution in [1.29, 1.82) is 0 Å². The first-order chi connectivity index (χ1) is 19.9. The van der Waals surface area contributed by atoms with Crippen LogP contribution >= 0.6 is 0 Å². The number of amides is 4. The molecule has 1 aliphatic rings. The molecule has 11 nitrogen and oxygen atoms in total. The van der Waals surface area contributed by atoms with E-state index < -0.39 is 35.4 Å². The normalized spacial score (nSPS) is 24.7. The van der Waals surface area contributed by atoms with E-state index in [2.05, 4.69) is 33.2 Å². The van der Waals surface area contributed by atoms with E-state index in [4.69, 9.17) is 5.73 Å². The Morgan fingerprint density at radius 2 is 1.76 bits per heavy atom. The number of carbonyl (C=O) groups excluding carboxylic acids is 5. The maximum Gasteiger partial charge on any atom is 0.247 e. The number of rotatable bonds is 9. The van der Waals surface area contributed by atoms with Crippen molar-refractivity contribution in [2.45, 2.75) is 90.3 Å². The Kier molecular flexibility index (Phi) is 13.5. The molecule has 7 N–H and O–H groups in total. The lowest BCUT2D eigenvalue weighted by Crippen LogP contribution is -2.55. The maximum atomic E-state index is 13.8. The molecule has 0 spiro atoms. The average Bonchev–Trinajstić information content (AvgIpc) is 2.95. The molecule has 2 rings (SSSR count). The van der Waals surface area contributed by atoms with Gasteiger partial charge in [-0.1, -0.05) is 57.7 Å². The third kappa shape index (κ3) is 10.5. The summed E-state index contributed by atoms with van der Waals surface area (Å²) in [4.78, 5) is 66.6. The maximum absolute atomic E-state index is 13.8. The predicted molar refractivity (Wildman–Crippen MR) is 161 cm³/mol. The quantitative estimate of drug-likeness (QED) is 0.241. The number of nitrogens with one attached hydrogen (secondary N) is 5. The molecule has 42 heavy (non-hydrogen) atoms. The molecule has 1 saturated heterocycles. The van der Waals surface area contributed by atoms with Gasteiger partial charge < -0.3 is 32.3 Å². The highest BCUT2D eigenvalue weighted by atomic mass is 16.2. The van der Waals surface area contributed by atoms with Crippen LogP contribution in [0.4, 0.5) is 0 Å². The van der Waals surface area contributed by atoms with Gasteiger partial charge in [0, 0.05) is 31.3 Å². The van der Waals surface area contributed by atoms with Gasteiger partial charge in [-0.3, -0.25) is 24.0 Å². The Balaban J connectivity index is 2.41. The fourth-order valence-electron chi connectivity index (χ4n) is 4.81. The summed E-state index contributed by atoms with van der Waals surface area (Å²) < 4.78 is 0. The summed E-state index contributed by atoms with van der Waals surface area (Å²) in [6.45, 7) is 11.4. The molecule has 1 fully saturated rings. The van der Waals surface area contributed by atoms with Crippen LogP contribution in [-0.2, 0) is 24.0 Å². The van der Waals surface area contributed by atoms with E-state index in [9.17, 15) is 24.0 Å². The van der Waals surface area contributed by atoms with E-state index in [0.29, 0.717) is 56.6 Å². The number of hydrogen-bond donors (Lipinski definition) is 6. The fourth-order valence-corrected chi connectivity index (χ4v) is 4.81. The molecule has 11 heteroatoms. The lowest BCUT2D eigenvalue weighted by molar-refractivity contribution is -0.137. The minimum absolute atomic E-state index is 0.105. The van der Waals surface area contributed by atoms with Crippen LogP contribution in [0.5, 0.6) is 0 Å². The molecule has 4 atom stereocenters. The van der Waals surface area contributed by atoms with Crippen LogP contribution in [0.1, 0.15) is 84.2 Å². The first-order valence-electron chi connectivity index (χ1n) is 14.8. The van der Waals surface area contributed by atoms with E-state index in [1.54, 1.807) is 52.0 Å². The second kappa shape index (κ2) is 16.5. The predicted octanol–water partition coefficient (Wildman–Crippen LogP) is 1.94. The Hall–Kier alpha value is -3.89. The Bertz CT molecular complexity index is 1110. The van der Waals surface area contributed by atoms with Gasteiger partial charge in [0.2, 0.25) is 23.6 Å². The number of Topliss-reactive ketones (excluding diaryl/α,β-unsaturated/α-hetero) is 1. The molecule has 1 heterocycles. The molecule has 1 aromatic rings. The van der Waals surface area contributed by atoms with Crippen molar-refractivity contribution < 1.29 is 24.0 Å². The molecule has 0 bridgehead atoms. The summed E-state index contributed by atoms with van der Waals surface area (Å²) >= 11 is 0. The van der Waals surface area contributed by atoms with Crippen molar-refractivity contribution in [1.82, 2.24) is 26.6 Å². The second-order valence-electron chi connectivity index (χ2n) is 11.5. The van der Waals surface area contributed by atoms with E-state index in [1.165, 1.54) is 0 Å². The number of carbonyl (C=O) groups is 5. The molecule has 0 aliphatic carbocycles. The Morgan fingerprint density at radius 1 is 1.07 bits per heavy atom. The summed E-state index contributed by atoms with van der Waals surface area (Å²) in [6.07, 6.45) is 2.48. The van der Waals surface area contributed by atoms with Crippen LogP contribution in [0.2, 0.25) is 0 Å². The van der Waals surface area contributed by atoms with Crippen LogP contribution < -0.4 is 32.3 Å². The highest BCUT2D eigenvalue weighted by Gasteiger charge is 2.38. The smallest absolute Gasteiger partial charge is 0.247 e. The van der Waals surface area contributed by atoms with Crippen LogP contribution in [0.3, 0.4) is 0 Å². The third-order valence-corrected chi connectivity index (χ3v) is 7.55. The number of nitrogens with two attached hydrogens (primary N) is 1. The van der Waals surface area contributed by atoms with Crippen molar-refractivity contribution in [3.63, 3.8) is 0 Å². The standard InChI is InChI=1S/C31H48N6O5/c1-6-24-29(41)36-26(22-13-8-7-9-14-22)30(42)34-17-11-10-16-31(5,37-27(39)20(2)3)25(38)19-23(28(40)35-24)15-12-18-33-21(4)32/h7-9,13-14,20,23-24,26,33H,4,6,10-12,15-19,32H2,1-3,5H3,(H,34,42)(H,35,40)(H,36,41)(H,37,39)/t23-,24+,26+,31+/m1/s1. The number of hydrogen-bond acceptors (Lipinski definition) is 7. The summed E-state index contributed by atoms with van der Waals surface area (Å²) in [7, 11) is 0. The molecule has 0 aromatic heterocycles. The van der Waals surface area contributed by atoms with Gasteiger partial charge >= 0.3 is 0 Å². The Morgan fingerprint density at radius 3 is 2.38 bits per heavy atom. The first kappa shape index (κ1) is 34.3. The molecule has 0 radical (unpaired) electrons. The zero-order valence-corrected chi connectivity index (χ0v) is 25.4. The average molecular weight is 585 g/mol. The van der Waals surface area contributed by atoms with Gasteiger partial charge in [-0.15, -0.1) is 0 Å². The van der Waals surface area contributed by atoms with Gasteiger partial charge in [-0.25, -0.2) is 0 Å². The lowest BCUT2D eigenvalue weighted by atomic mass is 9.83. The summed E-state index contributed by atoms with van der Waals surface area (Å²) in [6, 6.07) is 7.05. The molecular weight excluding hydrogens is 536 g/mol. The van der Waals surface area contributed by atoms with Crippen LogP contribution in [0.25, 0.3) is 0 Å². The minimum atomic E-state index is -1.20. The van der Waals surface area contributed by atoms with Crippen LogP contribution in [0, 0.1) is 11.8 Å². The lowest BCUT2D eigenvalue weighted by Gasteiger charge is -2.32. The van der Waals surface area contributed by atoms with Gasteiger partial charge in [0.05, 0.1) is 11.4 Å². The topological polar surface area (TPSA) is 172 Å². The van der Waals surface area contributed by atoms with Crippen LogP contribution in [0.15, 0.2) is 42.7 Å². The number of ketones is 1. The highest BCUT2D eigenvalue weighted by Crippen LogP contribution is 2.24. The highest BCUT2D eigenvalue weighted by molar-refractivity contribution is 5.97.